The molecule has 0 saturated carbocycles. The number of hydrogen-bond acceptors (Lipinski definition) is 7. The Morgan fingerprint density at radius 1 is 0.667 bits per heavy atom. The predicted octanol–water partition coefficient (Wildman–Crippen LogP) is 3.98. The Labute approximate surface area is 262 Å². The molecule has 0 unspecified atom stereocenters. The zero-order valence-electron chi connectivity index (χ0n) is 24.7. The van der Waals surface area contributed by atoms with E-state index in [1.807, 2.05) is 60.7 Å². The van der Waals surface area contributed by atoms with Crippen molar-refractivity contribution < 1.29 is 33.8 Å². The molecule has 9 nitrogen and oxygen atoms in total. The summed E-state index contributed by atoms with van der Waals surface area (Å²) in [5, 5.41) is 17.3. The highest BCUT2D eigenvalue weighted by Gasteiger charge is 2.26. The molecule has 4 aromatic carbocycles. The van der Waals surface area contributed by atoms with E-state index in [1.54, 1.807) is 48.5 Å². The molecule has 9 heteroatoms. The lowest BCUT2D eigenvalue weighted by molar-refractivity contribution is -0.126. The minimum atomic E-state index is -1.04. The van der Waals surface area contributed by atoms with Gasteiger partial charge in [0.25, 0.3) is 11.8 Å². The highest BCUT2D eigenvalue weighted by molar-refractivity contribution is 5.81. The first kappa shape index (κ1) is 32.6. The zero-order valence-corrected chi connectivity index (χ0v) is 24.7. The Kier molecular flexibility index (Phi) is 12.4. The van der Waals surface area contributed by atoms with Crippen LogP contribution in [0.3, 0.4) is 0 Å². The Hall–Kier alpha value is -5.28. The number of benzene rings is 4. The first-order valence-corrected chi connectivity index (χ1v) is 14.6. The van der Waals surface area contributed by atoms with Gasteiger partial charge in [-0.3, -0.25) is 19.2 Å². The Morgan fingerprint density at radius 2 is 1.24 bits per heavy atom. The first-order valence-electron chi connectivity index (χ1n) is 14.6. The summed E-state index contributed by atoms with van der Waals surface area (Å²) in [6, 6.07) is 30.9. The normalized spacial score (nSPS) is 12.6. The number of aliphatic hydroxyl groups is 1. The van der Waals surface area contributed by atoms with E-state index in [2.05, 4.69) is 10.6 Å². The fraction of sp³-hybridized carbons (Fsp3) is 0.222. The van der Waals surface area contributed by atoms with Gasteiger partial charge in [-0.1, -0.05) is 72.8 Å². The van der Waals surface area contributed by atoms with Crippen LogP contribution in [0.1, 0.15) is 38.3 Å². The molecule has 4 aromatic rings. The number of hydrogen-bond donors (Lipinski definition) is 3. The SMILES string of the molecule is O=Cc1ccc(OCC(=O)N[C@@H](Cc2ccccc2)[C@@H](O)C[C@H](Cc2ccccc2)NC(=O)COc2ccccc2C=O)cc1. The molecule has 0 aliphatic rings. The van der Waals surface area contributed by atoms with Gasteiger partial charge in [0.2, 0.25) is 0 Å². The van der Waals surface area contributed by atoms with Crippen molar-refractivity contribution in [2.24, 2.45) is 0 Å². The smallest absolute Gasteiger partial charge is 0.258 e. The number of amides is 2. The molecule has 2 amide bonds. The van der Waals surface area contributed by atoms with Crippen LogP contribution in [0.5, 0.6) is 11.5 Å². The second-order valence-corrected chi connectivity index (χ2v) is 10.5. The second-order valence-electron chi connectivity index (χ2n) is 10.5. The van der Waals surface area contributed by atoms with Crippen LogP contribution in [0.4, 0.5) is 0 Å². The van der Waals surface area contributed by atoms with Gasteiger partial charge in [0.05, 0.1) is 17.7 Å². The number of carbonyl (C=O) groups is 4. The molecule has 0 aliphatic carbocycles. The Balaban J connectivity index is 1.44. The van der Waals surface area contributed by atoms with Crippen molar-refractivity contribution in [1.29, 1.82) is 0 Å². The van der Waals surface area contributed by atoms with Crippen molar-refractivity contribution in [3.8, 4) is 11.5 Å². The third-order valence-electron chi connectivity index (χ3n) is 7.12. The summed E-state index contributed by atoms with van der Waals surface area (Å²) < 4.78 is 11.2. The summed E-state index contributed by atoms with van der Waals surface area (Å²) in [6.07, 6.45) is 1.26. The van der Waals surface area contributed by atoms with Crippen LogP contribution >= 0.6 is 0 Å². The maximum absolute atomic E-state index is 13.0. The molecule has 0 fully saturated rings. The number of rotatable bonds is 17. The topological polar surface area (TPSA) is 131 Å². The van der Waals surface area contributed by atoms with E-state index >= 15 is 0 Å². The number of para-hydroxylation sites is 1. The van der Waals surface area contributed by atoms with Crippen molar-refractivity contribution in [3.05, 3.63) is 131 Å². The van der Waals surface area contributed by atoms with Crippen molar-refractivity contribution in [3.63, 3.8) is 0 Å². The molecular weight excluding hydrogens is 572 g/mol. The second kappa shape index (κ2) is 17.1. The van der Waals surface area contributed by atoms with Gasteiger partial charge in [-0.25, -0.2) is 0 Å². The van der Waals surface area contributed by atoms with Crippen LogP contribution in [-0.2, 0) is 22.4 Å². The van der Waals surface area contributed by atoms with Gasteiger partial charge < -0.3 is 25.2 Å². The average Bonchev–Trinajstić information content (AvgIpc) is 3.07. The third-order valence-corrected chi connectivity index (χ3v) is 7.12. The van der Waals surface area contributed by atoms with Crippen molar-refractivity contribution in [1.82, 2.24) is 10.6 Å². The van der Waals surface area contributed by atoms with Gasteiger partial charge in [0.1, 0.15) is 17.8 Å². The van der Waals surface area contributed by atoms with Crippen molar-refractivity contribution >= 4 is 24.4 Å². The van der Waals surface area contributed by atoms with Crippen LogP contribution in [-0.4, -0.2) is 60.9 Å². The summed E-state index contributed by atoms with van der Waals surface area (Å²) in [5.41, 5.74) is 2.70. The Bertz CT molecular complexity index is 1530. The lowest BCUT2D eigenvalue weighted by Gasteiger charge is -2.28. The minimum absolute atomic E-state index is 0.136. The van der Waals surface area contributed by atoms with Gasteiger partial charge in [0, 0.05) is 11.6 Å². The molecule has 45 heavy (non-hydrogen) atoms. The van der Waals surface area contributed by atoms with Gasteiger partial charge in [0.15, 0.2) is 19.5 Å². The molecule has 0 spiro atoms. The van der Waals surface area contributed by atoms with E-state index in [9.17, 15) is 24.3 Å². The molecule has 0 aliphatic heterocycles. The van der Waals surface area contributed by atoms with E-state index < -0.39 is 30.0 Å². The van der Waals surface area contributed by atoms with Crippen LogP contribution < -0.4 is 20.1 Å². The summed E-state index contributed by atoms with van der Waals surface area (Å²) >= 11 is 0. The molecule has 3 N–H and O–H groups in total. The maximum atomic E-state index is 13.0. The minimum Gasteiger partial charge on any atom is -0.484 e. The van der Waals surface area contributed by atoms with Crippen LogP contribution in [0, 0.1) is 0 Å². The van der Waals surface area contributed by atoms with Crippen molar-refractivity contribution in [2.45, 2.75) is 37.5 Å². The van der Waals surface area contributed by atoms with Gasteiger partial charge in [-0.15, -0.1) is 0 Å². The number of nitrogens with one attached hydrogen (secondary N) is 2. The molecule has 0 heterocycles. The monoisotopic (exact) mass is 608 g/mol. The van der Waals surface area contributed by atoms with E-state index in [1.165, 1.54) is 0 Å². The molecule has 232 valence electrons. The lowest BCUT2D eigenvalue weighted by Crippen LogP contribution is -2.50. The average molecular weight is 609 g/mol. The number of aliphatic hydroxyl groups excluding tert-OH is 1. The number of ether oxygens (including phenoxy) is 2. The number of carbonyl (C=O) groups excluding carboxylic acids is 4. The molecule has 4 rings (SSSR count). The largest absolute Gasteiger partial charge is 0.484 e. The van der Waals surface area contributed by atoms with Crippen LogP contribution in [0.2, 0.25) is 0 Å². The molecule has 0 saturated heterocycles. The highest BCUT2D eigenvalue weighted by atomic mass is 16.5. The zero-order chi connectivity index (χ0) is 31.9. The van der Waals surface area contributed by atoms with Gasteiger partial charge >= 0.3 is 0 Å². The lowest BCUT2D eigenvalue weighted by atomic mass is 9.93. The summed E-state index contributed by atoms with van der Waals surface area (Å²) in [4.78, 5) is 48.2. The van der Waals surface area contributed by atoms with E-state index in [-0.39, 0.29) is 19.6 Å². The third kappa shape index (κ3) is 10.7. The molecule has 0 bridgehead atoms. The van der Waals surface area contributed by atoms with E-state index in [4.69, 9.17) is 9.47 Å². The molecule has 3 atom stereocenters. The van der Waals surface area contributed by atoms with Crippen LogP contribution in [0.15, 0.2) is 109 Å². The standard InChI is InChI=1S/C36H36N2O7/c39-22-28-15-17-31(18-16-28)44-24-36(43)38-32(20-27-11-5-2-6-12-27)33(41)21-30(19-26-9-3-1-4-10-26)37-35(42)25-45-34-14-8-7-13-29(34)23-40/h1-18,22-23,30,32-33,41H,19-21,24-25H2,(H,37,42)(H,38,43)/t30-,32-,33-/m0/s1. The van der Waals surface area contributed by atoms with Crippen molar-refractivity contribution in [2.75, 3.05) is 13.2 Å². The van der Waals surface area contributed by atoms with Gasteiger partial charge in [-0.05, 0) is 66.8 Å². The van der Waals surface area contributed by atoms with E-state index in [0.717, 1.165) is 17.4 Å². The first-order chi connectivity index (χ1) is 21.9. The summed E-state index contributed by atoms with van der Waals surface area (Å²) in [7, 11) is 0. The van der Waals surface area contributed by atoms with Gasteiger partial charge in [-0.2, -0.15) is 0 Å². The quantitative estimate of drug-likeness (QED) is 0.155. The highest BCUT2D eigenvalue weighted by Crippen LogP contribution is 2.17. The summed E-state index contributed by atoms with van der Waals surface area (Å²) in [6.45, 7) is -0.607. The predicted molar refractivity (Wildman–Crippen MR) is 169 cm³/mol. The maximum Gasteiger partial charge on any atom is 0.258 e. The summed E-state index contributed by atoms with van der Waals surface area (Å²) in [5.74, 6) is -0.115. The molecule has 0 radical (unpaired) electrons. The molecule has 0 aromatic heterocycles. The Morgan fingerprint density at radius 3 is 1.89 bits per heavy atom. The van der Waals surface area contributed by atoms with Crippen LogP contribution in [0.25, 0.3) is 0 Å². The fourth-order valence-corrected chi connectivity index (χ4v) is 4.86. The molecular formula is C36H36N2O7. The number of aldehydes is 2. The van der Waals surface area contributed by atoms with E-state index in [0.29, 0.717) is 41.8 Å². The fourth-order valence-electron chi connectivity index (χ4n) is 4.86.